The first kappa shape index (κ1) is 10.9. The van der Waals surface area contributed by atoms with Crippen LogP contribution in [0.1, 0.15) is 30.2 Å². The number of allylic oxidation sites excluding steroid dienone is 1. The van der Waals surface area contributed by atoms with E-state index < -0.39 is 0 Å². The molecule has 0 amide bonds. The average Bonchev–Trinajstić information content (AvgIpc) is 2.96. The van der Waals surface area contributed by atoms with E-state index in [4.69, 9.17) is 5.73 Å². The van der Waals surface area contributed by atoms with Gasteiger partial charge in [0.2, 0.25) is 0 Å². The highest BCUT2D eigenvalue weighted by molar-refractivity contribution is 7.19. The third-order valence-corrected chi connectivity index (χ3v) is 4.46. The first-order valence-corrected chi connectivity index (χ1v) is 6.69. The van der Waals surface area contributed by atoms with Crippen LogP contribution in [0.4, 0.5) is 4.39 Å². The molecule has 1 aromatic carbocycles. The molecule has 88 valence electrons. The Morgan fingerprint density at radius 3 is 2.94 bits per heavy atom. The number of rotatable bonds is 2. The van der Waals surface area contributed by atoms with Crippen molar-refractivity contribution in [3.8, 4) is 0 Å². The van der Waals surface area contributed by atoms with Crippen molar-refractivity contribution in [2.24, 2.45) is 5.73 Å². The molecule has 2 N–H and O–H groups in total. The number of hydrogen-bond donors (Lipinski definition) is 1. The van der Waals surface area contributed by atoms with Gasteiger partial charge < -0.3 is 5.73 Å². The van der Waals surface area contributed by atoms with Gasteiger partial charge in [-0.2, -0.15) is 0 Å². The van der Waals surface area contributed by atoms with Crippen molar-refractivity contribution in [2.45, 2.75) is 25.3 Å². The molecule has 0 radical (unpaired) electrons. The van der Waals surface area contributed by atoms with Crippen LogP contribution in [0, 0.1) is 5.82 Å². The van der Waals surface area contributed by atoms with E-state index in [1.165, 1.54) is 18.1 Å². The van der Waals surface area contributed by atoms with Gasteiger partial charge in [0.1, 0.15) is 5.82 Å². The first-order chi connectivity index (χ1) is 8.24. The zero-order valence-electron chi connectivity index (χ0n) is 9.45. The van der Waals surface area contributed by atoms with Gasteiger partial charge in [-0.25, -0.2) is 4.39 Å². The van der Waals surface area contributed by atoms with Crippen LogP contribution in [0.25, 0.3) is 10.1 Å². The van der Waals surface area contributed by atoms with Crippen LogP contribution in [0.5, 0.6) is 0 Å². The average molecular weight is 247 g/mol. The highest BCUT2D eigenvalue weighted by Crippen LogP contribution is 2.35. The predicted octanol–water partition coefficient (Wildman–Crippen LogP) is 4.15. The van der Waals surface area contributed by atoms with Gasteiger partial charge in [0, 0.05) is 9.58 Å². The van der Waals surface area contributed by atoms with Gasteiger partial charge >= 0.3 is 0 Å². The highest BCUT2D eigenvalue weighted by atomic mass is 32.1. The topological polar surface area (TPSA) is 26.0 Å². The molecule has 1 heterocycles. The smallest absolute Gasteiger partial charge is 0.124 e. The lowest BCUT2D eigenvalue weighted by molar-refractivity contribution is 0.630. The van der Waals surface area contributed by atoms with Crippen LogP contribution in [0.3, 0.4) is 0 Å². The molecule has 1 aliphatic rings. The third kappa shape index (κ3) is 2.01. The fraction of sp³-hybridized carbons (Fsp3) is 0.286. The molecule has 1 aromatic heterocycles. The van der Waals surface area contributed by atoms with Gasteiger partial charge in [0.15, 0.2) is 0 Å². The molecule has 17 heavy (non-hydrogen) atoms. The Kier molecular flexibility index (Phi) is 2.73. The minimum absolute atomic E-state index is 0.00189. The van der Waals surface area contributed by atoms with Crippen LogP contribution in [-0.2, 0) is 0 Å². The lowest BCUT2D eigenvalue weighted by Gasteiger charge is -2.10. The Morgan fingerprint density at radius 2 is 2.18 bits per heavy atom. The summed E-state index contributed by atoms with van der Waals surface area (Å²) in [5.41, 5.74) is 7.58. The molecule has 3 heteroatoms. The van der Waals surface area contributed by atoms with Gasteiger partial charge in [-0.05, 0) is 42.8 Å². The van der Waals surface area contributed by atoms with Gasteiger partial charge in [0.05, 0.1) is 6.04 Å². The van der Waals surface area contributed by atoms with Gasteiger partial charge in [0.25, 0.3) is 0 Å². The summed E-state index contributed by atoms with van der Waals surface area (Å²) in [4.78, 5) is 1.14. The van der Waals surface area contributed by atoms with Crippen molar-refractivity contribution in [2.75, 3.05) is 0 Å². The molecular weight excluding hydrogens is 233 g/mol. The molecule has 0 saturated carbocycles. The number of fused-ring (bicyclic) bond motifs is 1. The molecule has 0 aliphatic heterocycles. The lowest BCUT2D eigenvalue weighted by Crippen LogP contribution is -2.10. The Hall–Kier alpha value is -1.19. The monoisotopic (exact) mass is 247 g/mol. The first-order valence-electron chi connectivity index (χ1n) is 5.87. The van der Waals surface area contributed by atoms with Crippen molar-refractivity contribution >= 4 is 21.4 Å². The summed E-state index contributed by atoms with van der Waals surface area (Å²) in [5.74, 6) is -0.181. The summed E-state index contributed by atoms with van der Waals surface area (Å²) < 4.78 is 14.1. The summed E-state index contributed by atoms with van der Waals surface area (Å²) in [7, 11) is 0. The minimum Gasteiger partial charge on any atom is -0.320 e. The van der Waals surface area contributed by atoms with Crippen LogP contribution >= 0.6 is 11.3 Å². The number of halogens is 1. The van der Waals surface area contributed by atoms with Crippen LogP contribution in [0.15, 0.2) is 35.9 Å². The maximum absolute atomic E-state index is 13.1. The van der Waals surface area contributed by atoms with Crippen molar-refractivity contribution in [1.29, 1.82) is 0 Å². The van der Waals surface area contributed by atoms with Crippen molar-refractivity contribution in [3.05, 3.63) is 46.6 Å². The molecule has 1 aliphatic carbocycles. The van der Waals surface area contributed by atoms with Crippen molar-refractivity contribution in [1.82, 2.24) is 0 Å². The Labute approximate surface area is 104 Å². The van der Waals surface area contributed by atoms with Gasteiger partial charge in [-0.1, -0.05) is 17.7 Å². The van der Waals surface area contributed by atoms with Crippen molar-refractivity contribution < 1.29 is 4.39 Å². The van der Waals surface area contributed by atoms with E-state index in [-0.39, 0.29) is 11.9 Å². The zero-order chi connectivity index (χ0) is 11.8. The molecule has 0 spiro atoms. The molecule has 1 atom stereocenters. The maximum Gasteiger partial charge on any atom is 0.124 e. The Morgan fingerprint density at radius 1 is 1.29 bits per heavy atom. The zero-order valence-corrected chi connectivity index (χ0v) is 10.3. The second-order valence-corrected chi connectivity index (χ2v) is 5.60. The molecule has 3 rings (SSSR count). The standard InChI is InChI=1S/C14H14FNS/c15-11-6-5-10-7-13(17-12(10)8-11)14(16)9-3-1-2-4-9/h3,5-8,14H,1-2,4,16H2. The van der Waals surface area contributed by atoms with E-state index >= 15 is 0 Å². The highest BCUT2D eigenvalue weighted by Gasteiger charge is 2.17. The van der Waals surface area contributed by atoms with E-state index in [0.717, 1.165) is 27.8 Å². The number of nitrogens with two attached hydrogens (primary N) is 1. The predicted molar refractivity (Wildman–Crippen MR) is 70.6 cm³/mol. The number of thiophene rings is 1. The molecular formula is C14H14FNS. The van der Waals surface area contributed by atoms with E-state index in [0.29, 0.717) is 0 Å². The quantitative estimate of drug-likeness (QED) is 0.793. The second-order valence-electron chi connectivity index (χ2n) is 4.48. The van der Waals surface area contributed by atoms with Crippen molar-refractivity contribution in [3.63, 3.8) is 0 Å². The van der Waals surface area contributed by atoms with Crippen LogP contribution < -0.4 is 5.73 Å². The third-order valence-electron chi connectivity index (χ3n) is 3.28. The maximum atomic E-state index is 13.1. The van der Waals surface area contributed by atoms with E-state index in [1.54, 1.807) is 17.4 Å². The Balaban J connectivity index is 2.00. The lowest BCUT2D eigenvalue weighted by atomic mass is 10.1. The molecule has 1 unspecified atom stereocenters. The van der Waals surface area contributed by atoms with Crippen LogP contribution in [-0.4, -0.2) is 0 Å². The minimum atomic E-state index is -0.181. The number of benzene rings is 1. The molecule has 0 bridgehead atoms. The SMILES string of the molecule is NC(C1=CCCC1)c1cc2ccc(F)cc2s1. The fourth-order valence-electron chi connectivity index (χ4n) is 2.34. The summed E-state index contributed by atoms with van der Waals surface area (Å²) in [6.07, 6.45) is 5.70. The molecule has 0 fully saturated rings. The number of hydrogen-bond acceptors (Lipinski definition) is 2. The summed E-state index contributed by atoms with van der Waals surface area (Å²) in [6.45, 7) is 0. The fourth-order valence-corrected chi connectivity index (χ4v) is 3.47. The second kappa shape index (κ2) is 4.24. The normalized spacial score (nSPS) is 17.4. The Bertz CT molecular complexity index is 585. The van der Waals surface area contributed by atoms with E-state index in [9.17, 15) is 4.39 Å². The largest absolute Gasteiger partial charge is 0.320 e. The summed E-state index contributed by atoms with van der Waals surface area (Å²) >= 11 is 1.60. The van der Waals surface area contributed by atoms with Crippen LogP contribution in [0.2, 0.25) is 0 Å². The van der Waals surface area contributed by atoms with Gasteiger partial charge in [-0.3, -0.25) is 0 Å². The summed E-state index contributed by atoms with van der Waals surface area (Å²) in [6, 6.07) is 6.99. The molecule has 1 nitrogen and oxygen atoms in total. The van der Waals surface area contributed by atoms with Gasteiger partial charge in [-0.15, -0.1) is 11.3 Å². The summed E-state index contributed by atoms with van der Waals surface area (Å²) in [5, 5.41) is 1.08. The molecule has 0 saturated heterocycles. The van der Waals surface area contributed by atoms with E-state index in [1.807, 2.05) is 6.07 Å². The van der Waals surface area contributed by atoms with E-state index in [2.05, 4.69) is 12.1 Å². The molecule has 2 aromatic rings.